The van der Waals surface area contributed by atoms with Gasteiger partial charge in [-0.1, -0.05) is 25.1 Å². The van der Waals surface area contributed by atoms with Gasteiger partial charge < -0.3 is 15.4 Å². The third-order valence-corrected chi connectivity index (χ3v) is 3.10. The molecule has 1 aromatic carbocycles. The zero-order chi connectivity index (χ0) is 14.1. The van der Waals surface area contributed by atoms with E-state index in [0.29, 0.717) is 6.61 Å². The number of ether oxygens (including phenoxy) is 1. The van der Waals surface area contributed by atoms with Crippen LogP contribution >= 0.6 is 0 Å². The van der Waals surface area contributed by atoms with Crippen LogP contribution in [0.15, 0.2) is 24.3 Å². The summed E-state index contributed by atoms with van der Waals surface area (Å²) in [6.45, 7) is 3.44. The van der Waals surface area contributed by atoms with Gasteiger partial charge in [0.05, 0.1) is 12.6 Å². The predicted octanol–water partition coefficient (Wildman–Crippen LogP) is 1.60. The van der Waals surface area contributed by atoms with Crippen LogP contribution in [0.3, 0.4) is 0 Å². The van der Waals surface area contributed by atoms with Gasteiger partial charge in [0.1, 0.15) is 0 Å². The van der Waals surface area contributed by atoms with Crippen LogP contribution in [0.2, 0.25) is 0 Å². The van der Waals surface area contributed by atoms with Crippen LogP contribution in [0.25, 0.3) is 0 Å². The third kappa shape index (κ3) is 5.01. The lowest BCUT2D eigenvalue weighted by Crippen LogP contribution is -2.38. The van der Waals surface area contributed by atoms with Crippen molar-refractivity contribution in [2.24, 2.45) is 0 Å². The van der Waals surface area contributed by atoms with Crippen LogP contribution in [0.4, 0.5) is 0 Å². The molecule has 4 heteroatoms. The Labute approximate surface area is 115 Å². The molecule has 0 fully saturated rings. The molecule has 0 aliphatic rings. The zero-order valence-corrected chi connectivity index (χ0v) is 12.0. The molecule has 4 nitrogen and oxygen atoms in total. The molecule has 1 unspecified atom stereocenters. The number of carbonyl (C=O) groups excluding carboxylic acids is 1. The molecular weight excluding hydrogens is 240 g/mol. The van der Waals surface area contributed by atoms with Gasteiger partial charge >= 0.3 is 0 Å². The second kappa shape index (κ2) is 8.67. The zero-order valence-electron chi connectivity index (χ0n) is 12.0. The van der Waals surface area contributed by atoms with E-state index in [-0.39, 0.29) is 11.9 Å². The Kier molecular flexibility index (Phi) is 7.15. The molecule has 0 saturated carbocycles. The van der Waals surface area contributed by atoms with E-state index in [1.54, 1.807) is 7.11 Å². The molecule has 2 N–H and O–H groups in total. The summed E-state index contributed by atoms with van der Waals surface area (Å²) in [5.74, 6) is -0.0180. The summed E-state index contributed by atoms with van der Waals surface area (Å²) >= 11 is 0. The van der Waals surface area contributed by atoms with E-state index in [9.17, 15) is 4.79 Å². The Balaban J connectivity index is 2.75. The maximum atomic E-state index is 12.3. The van der Waals surface area contributed by atoms with E-state index in [1.165, 1.54) is 0 Å². The smallest absolute Gasteiger partial charge is 0.251 e. The molecule has 19 heavy (non-hydrogen) atoms. The summed E-state index contributed by atoms with van der Waals surface area (Å²) in [5.41, 5.74) is 1.83. The molecule has 0 saturated heterocycles. The molecule has 0 heterocycles. The fourth-order valence-electron chi connectivity index (χ4n) is 1.95. The second-order valence-corrected chi connectivity index (χ2v) is 4.54. The highest BCUT2D eigenvalue weighted by Gasteiger charge is 2.14. The Hall–Kier alpha value is -1.39. The van der Waals surface area contributed by atoms with Crippen molar-refractivity contribution in [1.82, 2.24) is 10.6 Å². The molecule has 0 aliphatic heterocycles. The first-order valence-corrected chi connectivity index (χ1v) is 6.75. The summed E-state index contributed by atoms with van der Waals surface area (Å²) < 4.78 is 5.10. The van der Waals surface area contributed by atoms with E-state index in [4.69, 9.17) is 4.74 Å². The quantitative estimate of drug-likeness (QED) is 0.750. The lowest BCUT2D eigenvalue weighted by molar-refractivity contribution is 0.0893. The van der Waals surface area contributed by atoms with Crippen LogP contribution in [0, 0.1) is 0 Å². The number of benzene rings is 1. The minimum absolute atomic E-state index is 0.0180. The first kappa shape index (κ1) is 15.7. The second-order valence-electron chi connectivity index (χ2n) is 4.54. The van der Waals surface area contributed by atoms with E-state index >= 15 is 0 Å². The Bertz CT molecular complexity index is 393. The van der Waals surface area contributed by atoms with Crippen LogP contribution < -0.4 is 10.6 Å². The maximum absolute atomic E-state index is 12.3. The molecule has 0 radical (unpaired) electrons. The van der Waals surface area contributed by atoms with Crippen molar-refractivity contribution in [2.45, 2.75) is 25.8 Å². The number of hydrogen-bond donors (Lipinski definition) is 2. The highest BCUT2D eigenvalue weighted by molar-refractivity contribution is 5.95. The summed E-state index contributed by atoms with van der Waals surface area (Å²) in [6.07, 6.45) is 1.71. The minimum Gasteiger partial charge on any atom is -0.383 e. The van der Waals surface area contributed by atoms with Gasteiger partial charge in [0, 0.05) is 12.7 Å². The van der Waals surface area contributed by atoms with Crippen molar-refractivity contribution < 1.29 is 9.53 Å². The predicted molar refractivity (Wildman–Crippen MR) is 77.5 cm³/mol. The topological polar surface area (TPSA) is 50.4 Å². The summed E-state index contributed by atoms with van der Waals surface area (Å²) in [5, 5.41) is 6.12. The normalized spacial score (nSPS) is 12.2. The Morgan fingerprint density at radius 1 is 1.37 bits per heavy atom. The molecule has 1 amide bonds. The monoisotopic (exact) mass is 264 g/mol. The van der Waals surface area contributed by atoms with Gasteiger partial charge in [0.2, 0.25) is 0 Å². The number of rotatable bonds is 8. The first-order chi connectivity index (χ1) is 9.22. The van der Waals surface area contributed by atoms with Gasteiger partial charge in [-0.15, -0.1) is 0 Å². The fourth-order valence-corrected chi connectivity index (χ4v) is 1.95. The first-order valence-electron chi connectivity index (χ1n) is 6.75. The van der Waals surface area contributed by atoms with E-state index in [2.05, 4.69) is 10.6 Å². The fraction of sp³-hybridized carbons (Fsp3) is 0.533. The SMILES string of the molecule is CCC(COC)NC(=O)c1ccccc1CCNC. The average Bonchev–Trinajstić information content (AvgIpc) is 2.44. The lowest BCUT2D eigenvalue weighted by atomic mass is 10.0. The number of amides is 1. The summed E-state index contributed by atoms with van der Waals surface area (Å²) in [4.78, 5) is 12.3. The molecular formula is C15H24N2O2. The average molecular weight is 264 g/mol. The molecule has 0 spiro atoms. The van der Waals surface area contributed by atoms with Crippen LogP contribution in [-0.2, 0) is 11.2 Å². The number of carbonyl (C=O) groups is 1. The number of methoxy groups -OCH3 is 1. The summed E-state index contributed by atoms with van der Waals surface area (Å²) in [6, 6.07) is 7.81. The maximum Gasteiger partial charge on any atom is 0.251 e. The molecule has 1 rings (SSSR count). The largest absolute Gasteiger partial charge is 0.383 e. The Morgan fingerprint density at radius 2 is 2.11 bits per heavy atom. The van der Waals surface area contributed by atoms with Crippen molar-refractivity contribution in [2.75, 3.05) is 27.3 Å². The third-order valence-electron chi connectivity index (χ3n) is 3.10. The van der Waals surface area contributed by atoms with Gasteiger partial charge in [-0.05, 0) is 38.1 Å². The van der Waals surface area contributed by atoms with Crippen LogP contribution in [-0.4, -0.2) is 39.3 Å². The van der Waals surface area contributed by atoms with Crippen LogP contribution in [0.5, 0.6) is 0 Å². The molecule has 0 aliphatic carbocycles. The van der Waals surface area contributed by atoms with Gasteiger partial charge in [-0.25, -0.2) is 0 Å². The molecule has 106 valence electrons. The van der Waals surface area contributed by atoms with Gasteiger partial charge in [-0.3, -0.25) is 4.79 Å². The molecule has 1 aromatic rings. The number of likely N-dealkylation sites (N-methyl/N-ethyl adjacent to an activating group) is 1. The number of nitrogens with one attached hydrogen (secondary N) is 2. The molecule has 0 bridgehead atoms. The lowest BCUT2D eigenvalue weighted by Gasteiger charge is -2.17. The van der Waals surface area contributed by atoms with Crippen molar-refractivity contribution in [1.29, 1.82) is 0 Å². The summed E-state index contributed by atoms with van der Waals surface area (Å²) in [7, 11) is 3.56. The van der Waals surface area contributed by atoms with Gasteiger partial charge in [0.25, 0.3) is 5.91 Å². The van der Waals surface area contributed by atoms with Crippen molar-refractivity contribution >= 4 is 5.91 Å². The van der Waals surface area contributed by atoms with Crippen LogP contribution in [0.1, 0.15) is 29.3 Å². The molecule has 1 atom stereocenters. The van der Waals surface area contributed by atoms with E-state index in [0.717, 1.165) is 30.5 Å². The van der Waals surface area contributed by atoms with E-state index in [1.807, 2.05) is 38.2 Å². The van der Waals surface area contributed by atoms with Gasteiger partial charge in [0.15, 0.2) is 0 Å². The molecule has 0 aromatic heterocycles. The standard InChI is InChI=1S/C15H24N2O2/c1-4-13(11-19-3)17-15(18)14-8-6-5-7-12(14)9-10-16-2/h5-8,13,16H,4,9-11H2,1-3H3,(H,17,18). The highest BCUT2D eigenvalue weighted by atomic mass is 16.5. The van der Waals surface area contributed by atoms with Crippen molar-refractivity contribution in [3.8, 4) is 0 Å². The van der Waals surface area contributed by atoms with Gasteiger partial charge in [-0.2, -0.15) is 0 Å². The van der Waals surface area contributed by atoms with Crippen molar-refractivity contribution in [3.63, 3.8) is 0 Å². The number of hydrogen-bond acceptors (Lipinski definition) is 3. The Morgan fingerprint density at radius 3 is 2.74 bits per heavy atom. The minimum atomic E-state index is -0.0180. The highest BCUT2D eigenvalue weighted by Crippen LogP contribution is 2.10. The van der Waals surface area contributed by atoms with E-state index < -0.39 is 0 Å². The van der Waals surface area contributed by atoms with Crippen molar-refractivity contribution in [3.05, 3.63) is 35.4 Å².